The van der Waals surface area contributed by atoms with E-state index in [-0.39, 0.29) is 0 Å². The normalized spacial score (nSPS) is 15.7. The number of carbonyl (C=O) groups is 1. The monoisotopic (exact) mass is 326 g/mol. The van der Waals surface area contributed by atoms with Crippen LogP contribution in [0.4, 0.5) is 0 Å². The largest absolute Gasteiger partial charge is 0.294 e. The van der Waals surface area contributed by atoms with Crippen molar-refractivity contribution in [3.05, 3.63) is 45.0 Å². The van der Waals surface area contributed by atoms with Crippen LogP contribution >= 0.6 is 22.6 Å². The Bertz CT molecular complexity index is 403. The molecule has 0 heterocycles. The number of halogens is 1. The Morgan fingerprint density at radius 2 is 1.94 bits per heavy atom. The minimum atomic E-state index is 0.306. The average molecular weight is 326 g/mol. The Morgan fingerprint density at radius 1 is 1.19 bits per heavy atom. The van der Waals surface area contributed by atoms with Gasteiger partial charge in [0.2, 0.25) is 0 Å². The van der Waals surface area contributed by atoms with Gasteiger partial charge in [0.05, 0.1) is 0 Å². The van der Waals surface area contributed by atoms with Crippen LogP contribution in [0.15, 0.2) is 35.9 Å². The zero-order chi connectivity index (χ0) is 11.4. The Labute approximate surface area is 110 Å². The molecule has 1 aromatic rings. The Balaban J connectivity index is 2.01. The molecule has 0 N–H and O–H groups in total. The van der Waals surface area contributed by atoms with Gasteiger partial charge in [-0.1, -0.05) is 18.2 Å². The van der Waals surface area contributed by atoms with Crippen LogP contribution in [0, 0.1) is 3.57 Å². The lowest BCUT2D eigenvalue weighted by atomic mass is 9.93. The van der Waals surface area contributed by atoms with Crippen molar-refractivity contribution in [2.75, 3.05) is 0 Å². The topological polar surface area (TPSA) is 17.1 Å². The molecule has 16 heavy (non-hydrogen) atoms. The van der Waals surface area contributed by atoms with Gasteiger partial charge >= 0.3 is 0 Å². The first-order chi connectivity index (χ1) is 7.75. The zero-order valence-electron chi connectivity index (χ0n) is 9.21. The minimum Gasteiger partial charge on any atom is -0.294 e. The van der Waals surface area contributed by atoms with E-state index >= 15 is 0 Å². The SMILES string of the molecule is O=C(Cc1ccc(I)cc1)C1=CCCCC1. The van der Waals surface area contributed by atoms with Gasteiger partial charge in [-0.05, 0) is 71.5 Å². The highest BCUT2D eigenvalue weighted by Gasteiger charge is 2.12. The highest BCUT2D eigenvalue weighted by Crippen LogP contribution is 2.19. The molecule has 0 aromatic heterocycles. The molecule has 1 aliphatic rings. The van der Waals surface area contributed by atoms with Gasteiger partial charge in [-0.2, -0.15) is 0 Å². The van der Waals surface area contributed by atoms with Crippen LogP contribution < -0.4 is 0 Å². The van der Waals surface area contributed by atoms with E-state index in [1.54, 1.807) is 0 Å². The molecule has 0 aliphatic heterocycles. The van der Waals surface area contributed by atoms with Gasteiger partial charge in [-0.25, -0.2) is 0 Å². The molecule has 84 valence electrons. The van der Waals surface area contributed by atoms with Crippen LogP contribution in [0.25, 0.3) is 0 Å². The molecule has 0 bridgehead atoms. The summed E-state index contributed by atoms with van der Waals surface area (Å²) in [6.45, 7) is 0. The summed E-state index contributed by atoms with van der Waals surface area (Å²) in [5.41, 5.74) is 2.17. The summed E-state index contributed by atoms with van der Waals surface area (Å²) < 4.78 is 1.21. The van der Waals surface area contributed by atoms with E-state index in [1.807, 2.05) is 12.1 Å². The van der Waals surface area contributed by atoms with E-state index in [0.717, 1.165) is 24.0 Å². The lowest BCUT2D eigenvalue weighted by Crippen LogP contribution is -2.08. The quantitative estimate of drug-likeness (QED) is 0.770. The summed E-state index contributed by atoms with van der Waals surface area (Å²) in [4.78, 5) is 12.0. The third-order valence-corrected chi connectivity index (χ3v) is 3.65. The lowest BCUT2D eigenvalue weighted by molar-refractivity contribution is -0.115. The molecule has 0 atom stereocenters. The average Bonchev–Trinajstić information content (AvgIpc) is 2.33. The highest BCUT2D eigenvalue weighted by atomic mass is 127. The maximum atomic E-state index is 12.0. The second kappa shape index (κ2) is 5.62. The molecular weight excluding hydrogens is 311 g/mol. The molecule has 1 aromatic carbocycles. The molecule has 2 rings (SSSR count). The molecule has 1 aliphatic carbocycles. The van der Waals surface area contributed by atoms with Crippen molar-refractivity contribution in [3.8, 4) is 0 Å². The molecular formula is C14H15IO. The number of carbonyl (C=O) groups excluding carboxylic acids is 1. The number of hydrogen-bond acceptors (Lipinski definition) is 1. The first-order valence-corrected chi connectivity index (χ1v) is 6.80. The van der Waals surface area contributed by atoms with E-state index in [4.69, 9.17) is 0 Å². The van der Waals surface area contributed by atoms with Gasteiger partial charge in [0.15, 0.2) is 5.78 Å². The van der Waals surface area contributed by atoms with E-state index in [2.05, 4.69) is 40.8 Å². The molecule has 0 radical (unpaired) electrons. The predicted molar refractivity (Wildman–Crippen MR) is 74.4 cm³/mol. The standard InChI is InChI=1S/C14H15IO/c15-13-8-6-11(7-9-13)10-14(16)12-4-2-1-3-5-12/h4,6-9H,1-3,5,10H2. The second-order valence-electron chi connectivity index (χ2n) is 4.20. The minimum absolute atomic E-state index is 0.306. The van der Waals surface area contributed by atoms with E-state index in [1.165, 1.54) is 16.4 Å². The van der Waals surface area contributed by atoms with Crippen molar-refractivity contribution in [2.24, 2.45) is 0 Å². The third kappa shape index (κ3) is 3.17. The van der Waals surface area contributed by atoms with Gasteiger partial charge in [0, 0.05) is 9.99 Å². The van der Waals surface area contributed by atoms with Crippen LogP contribution in [0.5, 0.6) is 0 Å². The Kier molecular flexibility index (Phi) is 4.16. The van der Waals surface area contributed by atoms with Gasteiger partial charge in [-0.15, -0.1) is 0 Å². The van der Waals surface area contributed by atoms with E-state index < -0.39 is 0 Å². The number of Topliss-reactive ketones (excluding diaryl/α,β-unsaturated/α-hetero) is 1. The number of ketones is 1. The molecule has 0 unspecified atom stereocenters. The number of allylic oxidation sites excluding steroid dienone is 2. The van der Waals surface area contributed by atoms with E-state index in [9.17, 15) is 4.79 Å². The Morgan fingerprint density at radius 3 is 2.56 bits per heavy atom. The molecule has 0 fully saturated rings. The molecule has 0 saturated carbocycles. The molecule has 0 amide bonds. The number of hydrogen-bond donors (Lipinski definition) is 0. The number of rotatable bonds is 3. The smallest absolute Gasteiger partial charge is 0.162 e. The summed E-state index contributed by atoms with van der Waals surface area (Å²) in [6, 6.07) is 8.20. The zero-order valence-corrected chi connectivity index (χ0v) is 11.4. The maximum absolute atomic E-state index is 12.0. The predicted octanol–water partition coefficient (Wildman–Crippen LogP) is 3.90. The van der Waals surface area contributed by atoms with Crippen molar-refractivity contribution in [1.82, 2.24) is 0 Å². The van der Waals surface area contributed by atoms with Gasteiger partial charge in [0.1, 0.15) is 0 Å². The van der Waals surface area contributed by atoms with Crippen molar-refractivity contribution >= 4 is 28.4 Å². The molecule has 0 saturated heterocycles. The van der Waals surface area contributed by atoms with Crippen molar-refractivity contribution < 1.29 is 4.79 Å². The van der Waals surface area contributed by atoms with Crippen LogP contribution in [0.2, 0.25) is 0 Å². The fraction of sp³-hybridized carbons (Fsp3) is 0.357. The van der Waals surface area contributed by atoms with E-state index in [0.29, 0.717) is 12.2 Å². The number of benzene rings is 1. The maximum Gasteiger partial charge on any atom is 0.162 e. The van der Waals surface area contributed by atoms with Crippen LogP contribution in [0.3, 0.4) is 0 Å². The summed E-state index contributed by atoms with van der Waals surface area (Å²) in [5.74, 6) is 0.306. The summed E-state index contributed by atoms with van der Waals surface area (Å²) >= 11 is 2.28. The van der Waals surface area contributed by atoms with Crippen LogP contribution in [0.1, 0.15) is 31.2 Å². The summed E-state index contributed by atoms with van der Waals surface area (Å²) in [6.07, 6.45) is 7.14. The van der Waals surface area contributed by atoms with Crippen molar-refractivity contribution in [1.29, 1.82) is 0 Å². The third-order valence-electron chi connectivity index (χ3n) is 2.93. The highest BCUT2D eigenvalue weighted by molar-refractivity contribution is 14.1. The van der Waals surface area contributed by atoms with Gasteiger partial charge in [0.25, 0.3) is 0 Å². The summed E-state index contributed by atoms with van der Waals surface area (Å²) in [7, 11) is 0. The first-order valence-electron chi connectivity index (χ1n) is 5.72. The van der Waals surface area contributed by atoms with Crippen molar-refractivity contribution in [2.45, 2.75) is 32.1 Å². The summed E-state index contributed by atoms with van der Waals surface area (Å²) in [5, 5.41) is 0. The van der Waals surface area contributed by atoms with Crippen LogP contribution in [-0.4, -0.2) is 5.78 Å². The fourth-order valence-corrected chi connectivity index (χ4v) is 2.35. The first kappa shape index (κ1) is 11.8. The molecule has 0 spiro atoms. The van der Waals surface area contributed by atoms with Gasteiger partial charge < -0.3 is 0 Å². The van der Waals surface area contributed by atoms with Crippen molar-refractivity contribution in [3.63, 3.8) is 0 Å². The van der Waals surface area contributed by atoms with Gasteiger partial charge in [-0.3, -0.25) is 4.79 Å². The van der Waals surface area contributed by atoms with Crippen LogP contribution in [-0.2, 0) is 11.2 Å². The second-order valence-corrected chi connectivity index (χ2v) is 5.45. The molecule has 1 nitrogen and oxygen atoms in total. The Hall–Kier alpha value is -0.640. The molecule has 2 heteroatoms. The lowest BCUT2D eigenvalue weighted by Gasteiger charge is -2.11. The fourth-order valence-electron chi connectivity index (χ4n) is 1.99.